The van der Waals surface area contributed by atoms with Crippen LogP contribution in [0.4, 0.5) is 11.5 Å². The van der Waals surface area contributed by atoms with Gasteiger partial charge in [-0.05, 0) is 11.8 Å². The van der Waals surface area contributed by atoms with Gasteiger partial charge in [0.05, 0.1) is 13.2 Å². The van der Waals surface area contributed by atoms with Crippen LogP contribution in [0.1, 0.15) is 20.3 Å². The number of aromatic amines is 1. The van der Waals surface area contributed by atoms with E-state index in [1.807, 2.05) is 13.8 Å². The molecule has 0 fully saturated rings. The molecule has 1 aromatic heterocycles. The molecule has 1 aromatic rings. The molecule has 0 radical (unpaired) electrons. The molecular formula is C13H24N4O4. The lowest BCUT2D eigenvalue weighted by Crippen LogP contribution is -2.36. The molecular weight excluding hydrogens is 276 g/mol. The Morgan fingerprint density at radius 1 is 1.43 bits per heavy atom. The Morgan fingerprint density at radius 2 is 2.10 bits per heavy atom. The van der Waals surface area contributed by atoms with E-state index in [-0.39, 0.29) is 30.1 Å². The summed E-state index contributed by atoms with van der Waals surface area (Å²) < 4.78 is 6.17. The minimum Gasteiger partial charge on any atom is -0.396 e. The minimum absolute atomic E-state index is 0.0633. The van der Waals surface area contributed by atoms with E-state index in [1.165, 1.54) is 11.7 Å². The van der Waals surface area contributed by atoms with Gasteiger partial charge < -0.3 is 20.9 Å². The fourth-order valence-corrected chi connectivity index (χ4v) is 1.88. The van der Waals surface area contributed by atoms with Crippen molar-refractivity contribution in [1.82, 2.24) is 9.55 Å². The van der Waals surface area contributed by atoms with Gasteiger partial charge in [0.2, 0.25) is 0 Å². The molecule has 0 spiro atoms. The number of H-pyrrole nitrogens is 1. The molecule has 120 valence electrons. The highest BCUT2D eigenvalue weighted by Crippen LogP contribution is 2.21. The number of hydrogen-bond donors (Lipinski definition) is 4. The van der Waals surface area contributed by atoms with E-state index in [0.717, 1.165) is 0 Å². The summed E-state index contributed by atoms with van der Waals surface area (Å²) in [4.78, 5) is 25.8. The first-order valence-electron chi connectivity index (χ1n) is 6.78. The first-order chi connectivity index (χ1) is 9.82. The molecule has 0 aliphatic heterocycles. The Morgan fingerprint density at radius 3 is 2.67 bits per heavy atom. The minimum atomic E-state index is -0.560. The van der Waals surface area contributed by atoms with Crippen molar-refractivity contribution in [1.29, 1.82) is 0 Å². The molecule has 8 heteroatoms. The third kappa shape index (κ3) is 4.61. The number of ether oxygens (including phenoxy) is 1. The van der Waals surface area contributed by atoms with E-state index in [1.54, 1.807) is 0 Å². The number of methoxy groups -OCH3 is 1. The number of aliphatic hydroxyl groups excluding tert-OH is 1. The normalized spacial score (nSPS) is 11.6. The topological polar surface area (TPSA) is 122 Å². The van der Waals surface area contributed by atoms with Crippen molar-refractivity contribution in [2.75, 3.05) is 37.9 Å². The summed E-state index contributed by atoms with van der Waals surface area (Å²) in [5.41, 5.74) is 4.75. The van der Waals surface area contributed by atoms with Crippen LogP contribution in [0.5, 0.6) is 0 Å². The predicted octanol–water partition coefficient (Wildman–Crippen LogP) is -0.414. The number of anilines is 2. The first kappa shape index (κ1) is 17.3. The Kier molecular flexibility index (Phi) is 5.98. The Labute approximate surface area is 122 Å². The van der Waals surface area contributed by atoms with Crippen LogP contribution in [0.15, 0.2) is 9.59 Å². The fourth-order valence-electron chi connectivity index (χ4n) is 1.88. The molecule has 0 aliphatic rings. The SMILES string of the molecule is COCCn1c(N)c(NCC(C)(C)CCO)c(=O)[nH]c1=O. The largest absolute Gasteiger partial charge is 0.396 e. The first-order valence-corrected chi connectivity index (χ1v) is 6.78. The van der Waals surface area contributed by atoms with Crippen LogP contribution in [0.25, 0.3) is 0 Å². The number of aliphatic hydroxyl groups is 1. The number of aromatic nitrogens is 2. The molecule has 0 unspecified atom stereocenters. The number of nitrogens with one attached hydrogen (secondary N) is 2. The third-order valence-corrected chi connectivity index (χ3v) is 3.29. The standard InChI is InChI=1S/C13H24N4O4/c1-13(2,4-6-18)8-15-9-10(14)17(5-7-21-3)12(20)16-11(9)19/h15,18H,4-8,14H2,1-3H3,(H,16,19,20). The van der Waals surface area contributed by atoms with E-state index in [0.29, 0.717) is 19.6 Å². The smallest absolute Gasteiger partial charge is 0.330 e. The molecule has 0 aliphatic carbocycles. The predicted molar refractivity (Wildman–Crippen MR) is 81.6 cm³/mol. The van der Waals surface area contributed by atoms with Crippen molar-refractivity contribution in [2.45, 2.75) is 26.8 Å². The highest BCUT2D eigenvalue weighted by molar-refractivity contribution is 5.60. The van der Waals surface area contributed by atoms with Gasteiger partial charge in [-0.2, -0.15) is 0 Å². The van der Waals surface area contributed by atoms with Gasteiger partial charge in [-0.25, -0.2) is 4.79 Å². The summed E-state index contributed by atoms with van der Waals surface area (Å²) >= 11 is 0. The summed E-state index contributed by atoms with van der Waals surface area (Å²) in [6, 6.07) is 0. The van der Waals surface area contributed by atoms with Crippen molar-refractivity contribution in [3.63, 3.8) is 0 Å². The van der Waals surface area contributed by atoms with E-state index in [9.17, 15) is 9.59 Å². The highest BCUT2D eigenvalue weighted by atomic mass is 16.5. The van der Waals surface area contributed by atoms with Gasteiger partial charge in [-0.15, -0.1) is 0 Å². The van der Waals surface area contributed by atoms with Gasteiger partial charge in [0.25, 0.3) is 5.56 Å². The van der Waals surface area contributed by atoms with E-state index >= 15 is 0 Å². The molecule has 5 N–H and O–H groups in total. The number of nitrogens with two attached hydrogens (primary N) is 1. The van der Waals surface area contributed by atoms with Gasteiger partial charge >= 0.3 is 5.69 Å². The number of rotatable bonds is 8. The maximum atomic E-state index is 11.9. The maximum absolute atomic E-state index is 11.9. The molecule has 8 nitrogen and oxygen atoms in total. The van der Waals surface area contributed by atoms with Crippen LogP contribution in [0.2, 0.25) is 0 Å². The van der Waals surface area contributed by atoms with Crippen LogP contribution in [0, 0.1) is 5.41 Å². The quantitative estimate of drug-likeness (QED) is 0.517. The summed E-state index contributed by atoms with van der Waals surface area (Å²) in [5, 5.41) is 12.0. The lowest BCUT2D eigenvalue weighted by Gasteiger charge is -2.25. The zero-order valence-electron chi connectivity index (χ0n) is 12.7. The van der Waals surface area contributed by atoms with Gasteiger partial charge in [0.1, 0.15) is 11.5 Å². The zero-order chi connectivity index (χ0) is 16.0. The second kappa shape index (κ2) is 7.28. The highest BCUT2D eigenvalue weighted by Gasteiger charge is 2.19. The summed E-state index contributed by atoms with van der Waals surface area (Å²) in [5.74, 6) is 0.0839. The van der Waals surface area contributed by atoms with Crippen molar-refractivity contribution >= 4 is 11.5 Å². The fraction of sp³-hybridized carbons (Fsp3) is 0.692. The van der Waals surface area contributed by atoms with Crippen LogP contribution >= 0.6 is 0 Å². The molecule has 0 amide bonds. The number of hydrogen-bond acceptors (Lipinski definition) is 6. The lowest BCUT2D eigenvalue weighted by atomic mass is 9.90. The molecule has 1 rings (SSSR count). The second-order valence-corrected chi connectivity index (χ2v) is 5.66. The van der Waals surface area contributed by atoms with Crippen LogP contribution in [-0.2, 0) is 11.3 Å². The molecule has 1 heterocycles. The molecule has 0 saturated heterocycles. The summed E-state index contributed by atoms with van der Waals surface area (Å²) in [6.07, 6.45) is 0.584. The summed E-state index contributed by atoms with van der Waals surface area (Å²) in [7, 11) is 1.52. The van der Waals surface area contributed by atoms with E-state index in [2.05, 4.69) is 10.3 Å². The molecule has 0 bridgehead atoms. The molecule has 0 atom stereocenters. The van der Waals surface area contributed by atoms with Crippen molar-refractivity contribution in [2.24, 2.45) is 5.41 Å². The van der Waals surface area contributed by atoms with E-state index < -0.39 is 11.2 Å². The number of nitrogens with zero attached hydrogens (tertiary/aromatic N) is 1. The molecule has 21 heavy (non-hydrogen) atoms. The average molecular weight is 300 g/mol. The second-order valence-electron chi connectivity index (χ2n) is 5.66. The van der Waals surface area contributed by atoms with Crippen LogP contribution in [0.3, 0.4) is 0 Å². The molecule has 0 aromatic carbocycles. The van der Waals surface area contributed by atoms with Gasteiger partial charge in [0.15, 0.2) is 0 Å². The van der Waals surface area contributed by atoms with Gasteiger partial charge in [-0.3, -0.25) is 14.3 Å². The maximum Gasteiger partial charge on any atom is 0.330 e. The number of nitrogen functional groups attached to an aromatic ring is 1. The average Bonchev–Trinajstić information content (AvgIpc) is 2.37. The Hall–Kier alpha value is -1.80. The summed E-state index contributed by atoms with van der Waals surface area (Å²) in [6.45, 7) is 5.00. The van der Waals surface area contributed by atoms with E-state index in [4.69, 9.17) is 15.6 Å². The van der Waals surface area contributed by atoms with Crippen molar-refractivity contribution in [3.05, 3.63) is 20.8 Å². The Balaban J connectivity index is 3.02. The van der Waals surface area contributed by atoms with Crippen LogP contribution in [-0.4, -0.2) is 41.5 Å². The van der Waals surface area contributed by atoms with Gasteiger partial charge in [0, 0.05) is 20.3 Å². The molecule has 0 saturated carbocycles. The van der Waals surface area contributed by atoms with Crippen LogP contribution < -0.4 is 22.3 Å². The third-order valence-electron chi connectivity index (χ3n) is 3.29. The lowest BCUT2D eigenvalue weighted by molar-refractivity contribution is 0.186. The van der Waals surface area contributed by atoms with Crippen molar-refractivity contribution < 1.29 is 9.84 Å². The monoisotopic (exact) mass is 300 g/mol. The van der Waals surface area contributed by atoms with Crippen molar-refractivity contribution in [3.8, 4) is 0 Å². The Bertz CT molecular complexity index is 577. The van der Waals surface area contributed by atoms with Gasteiger partial charge in [-0.1, -0.05) is 13.8 Å². The zero-order valence-corrected chi connectivity index (χ0v) is 12.7.